The van der Waals surface area contributed by atoms with Crippen LogP contribution in [0, 0.1) is 18.8 Å². The number of pyridine rings is 1. The van der Waals surface area contributed by atoms with Crippen LogP contribution in [0.2, 0.25) is 0 Å². The molecule has 2 aromatic rings. The highest BCUT2D eigenvalue weighted by Crippen LogP contribution is 2.05. The first-order valence-corrected chi connectivity index (χ1v) is 6.58. The van der Waals surface area contributed by atoms with Gasteiger partial charge in [0.15, 0.2) is 0 Å². The predicted molar refractivity (Wildman–Crippen MR) is 80.6 cm³/mol. The van der Waals surface area contributed by atoms with Gasteiger partial charge in [0.25, 0.3) is 5.91 Å². The number of hydrogen-bond acceptors (Lipinski definition) is 3. The number of aliphatic hydroxyl groups excluding tert-OH is 1. The minimum absolute atomic E-state index is 0.158. The number of amides is 1. The van der Waals surface area contributed by atoms with Crippen molar-refractivity contribution in [1.29, 1.82) is 0 Å². The molecule has 0 bridgehead atoms. The van der Waals surface area contributed by atoms with Gasteiger partial charge in [0, 0.05) is 24.0 Å². The molecule has 21 heavy (non-hydrogen) atoms. The Balaban J connectivity index is 1.99. The van der Waals surface area contributed by atoms with E-state index < -0.39 is 0 Å². The molecule has 0 aliphatic rings. The van der Waals surface area contributed by atoms with Crippen LogP contribution in [0.15, 0.2) is 42.6 Å². The number of aliphatic hydroxyl groups is 1. The van der Waals surface area contributed by atoms with Crippen molar-refractivity contribution in [2.24, 2.45) is 0 Å². The first kappa shape index (κ1) is 14.8. The first-order valence-electron chi connectivity index (χ1n) is 6.58. The Morgan fingerprint density at radius 2 is 2.19 bits per heavy atom. The van der Waals surface area contributed by atoms with Gasteiger partial charge in [-0.1, -0.05) is 24.0 Å². The SMILES string of the molecule is Cc1ccc(C(=O)NCc2cccc(C#CCO)c2)cn1. The van der Waals surface area contributed by atoms with Gasteiger partial charge < -0.3 is 10.4 Å². The van der Waals surface area contributed by atoms with Gasteiger partial charge in [-0.3, -0.25) is 9.78 Å². The van der Waals surface area contributed by atoms with Gasteiger partial charge in [0.2, 0.25) is 0 Å². The van der Waals surface area contributed by atoms with Crippen molar-refractivity contribution in [3.63, 3.8) is 0 Å². The summed E-state index contributed by atoms with van der Waals surface area (Å²) in [7, 11) is 0. The van der Waals surface area contributed by atoms with Gasteiger partial charge in [-0.15, -0.1) is 0 Å². The van der Waals surface area contributed by atoms with Gasteiger partial charge in [-0.2, -0.15) is 0 Å². The fourth-order valence-electron chi connectivity index (χ4n) is 1.79. The third-order valence-corrected chi connectivity index (χ3v) is 2.87. The summed E-state index contributed by atoms with van der Waals surface area (Å²) in [6, 6.07) is 11.1. The summed E-state index contributed by atoms with van der Waals surface area (Å²) in [6.07, 6.45) is 1.56. The maximum absolute atomic E-state index is 12.0. The summed E-state index contributed by atoms with van der Waals surface area (Å²) in [5.74, 6) is 5.28. The second-order valence-corrected chi connectivity index (χ2v) is 4.53. The van der Waals surface area contributed by atoms with Crippen molar-refractivity contribution in [2.75, 3.05) is 6.61 Å². The zero-order chi connectivity index (χ0) is 15.1. The highest BCUT2D eigenvalue weighted by molar-refractivity contribution is 5.93. The molecule has 2 rings (SSSR count). The summed E-state index contributed by atoms with van der Waals surface area (Å²) >= 11 is 0. The highest BCUT2D eigenvalue weighted by atomic mass is 16.2. The van der Waals surface area contributed by atoms with Crippen LogP contribution < -0.4 is 5.32 Å². The average Bonchev–Trinajstić information content (AvgIpc) is 2.52. The number of benzene rings is 1. The van der Waals surface area contributed by atoms with Gasteiger partial charge >= 0.3 is 0 Å². The Morgan fingerprint density at radius 3 is 2.90 bits per heavy atom. The fraction of sp³-hybridized carbons (Fsp3) is 0.176. The van der Waals surface area contributed by atoms with Crippen LogP contribution in [0.3, 0.4) is 0 Å². The van der Waals surface area contributed by atoms with Crippen molar-refractivity contribution in [3.05, 3.63) is 65.0 Å². The molecule has 0 spiro atoms. The Morgan fingerprint density at radius 1 is 1.33 bits per heavy atom. The number of nitrogens with one attached hydrogen (secondary N) is 1. The standard InChI is InChI=1S/C17H16N2O2/c1-13-7-8-16(12-18-13)17(21)19-11-15-5-2-4-14(10-15)6-3-9-20/h2,4-5,7-8,10,12,20H,9,11H2,1H3,(H,19,21). The molecular formula is C17H16N2O2. The Labute approximate surface area is 123 Å². The molecule has 0 unspecified atom stereocenters. The van der Waals surface area contributed by atoms with E-state index in [0.717, 1.165) is 16.8 Å². The van der Waals surface area contributed by atoms with Crippen molar-refractivity contribution < 1.29 is 9.90 Å². The van der Waals surface area contributed by atoms with Gasteiger partial charge in [0.05, 0.1) is 5.56 Å². The van der Waals surface area contributed by atoms with E-state index in [9.17, 15) is 4.79 Å². The molecular weight excluding hydrogens is 264 g/mol. The summed E-state index contributed by atoms with van der Waals surface area (Å²) in [5.41, 5.74) is 3.18. The van der Waals surface area contributed by atoms with Crippen LogP contribution >= 0.6 is 0 Å². The summed E-state index contributed by atoms with van der Waals surface area (Å²) < 4.78 is 0. The molecule has 4 nitrogen and oxygen atoms in total. The fourth-order valence-corrected chi connectivity index (χ4v) is 1.79. The number of aromatic nitrogens is 1. The molecule has 0 fully saturated rings. The summed E-state index contributed by atoms with van der Waals surface area (Å²) in [5, 5.41) is 11.5. The summed E-state index contributed by atoms with van der Waals surface area (Å²) in [4.78, 5) is 16.1. The average molecular weight is 280 g/mol. The quantitative estimate of drug-likeness (QED) is 0.841. The molecule has 1 aromatic carbocycles. The van der Waals surface area contributed by atoms with Crippen molar-refractivity contribution >= 4 is 5.91 Å². The Hall–Kier alpha value is -2.64. The number of aryl methyl sites for hydroxylation is 1. The molecule has 0 aliphatic carbocycles. The number of rotatable bonds is 3. The molecule has 0 saturated carbocycles. The molecule has 1 heterocycles. The lowest BCUT2D eigenvalue weighted by Gasteiger charge is -2.06. The van der Waals surface area contributed by atoms with Crippen LogP contribution in [0.25, 0.3) is 0 Å². The van der Waals surface area contributed by atoms with E-state index in [-0.39, 0.29) is 12.5 Å². The van der Waals surface area contributed by atoms with Crippen LogP contribution in [0.4, 0.5) is 0 Å². The number of hydrogen-bond donors (Lipinski definition) is 2. The Kier molecular flexibility index (Phi) is 5.08. The molecule has 106 valence electrons. The maximum atomic E-state index is 12.0. The number of carbonyl (C=O) groups is 1. The van der Waals surface area contributed by atoms with Crippen LogP contribution in [-0.2, 0) is 6.54 Å². The molecule has 0 aliphatic heterocycles. The Bertz CT molecular complexity index is 682. The molecule has 0 radical (unpaired) electrons. The molecule has 4 heteroatoms. The van der Waals surface area contributed by atoms with Gasteiger partial charge in [0.1, 0.15) is 6.61 Å². The minimum atomic E-state index is -0.165. The van der Waals surface area contributed by atoms with Crippen LogP contribution in [0.1, 0.15) is 27.2 Å². The second kappa shape index (κ2) is 7.22. The predicted octanol–water partition coefficient (Wildman–Crippen LogP) is 1.66. The van der Waals surface area contributed by atoms with E-state index in [4.69, 9.17) is 5.11 Å². The largest absolute Gasteiger partial charge is 0.384 e. The third-order valence-electron chi connectivity index (χ3n) is 2.87. The van der Waals surface area contributed by atoms with E-state index in [1.165, 1.54) is 0 Å². The molecule has 2 N–H and O–H groups in total. The number of nitrogens with zero attached hydrogens (tertiary/aromatic N) is 1. The normalized spacial score (nSPS) is 9.62. The van der Waals surface area contributed by atoms with E-state index in [0.29, 0.717) is 12.1 Å². The topological polar surface area (TPSA) is 62.2 Å². The lowest BCUT2D eigenvalue weighted by atomic mass is 10.1. The van der Waals surface area contributed by atoms with E-state index in [1.54, 1.807) is 18.3 Å². The molecule has 0 atom stereocenters. The molecule has 0 saturated heterocycles. The lowest BCUT2D eigenvalue weighted by Crippen LogP contribution is -2.22. The zero-order valence-electron chi connectivity index (χ0n) is 11.8. The smallest absolute Gasteiger partial charge is 0.253 e. The van der Waals surface area contributed by atoms with Crippen molar-refractivity contribution in [1.82, 2.24) is 10.3 Å². The highest BCUT2D eigenvalue weighted by Gasteiger charge is 2.05. The van der Waals surface area contributed by atoms with Gasteiger partial charge in [-0.05, 0) is 36.8 Å². The summed E-state index contributed by atoms with van der Waals surface area (Å²) in [6.45, 7) is 2.13. The first-order chi connectivity index (χ1) is 10.2. The van der Waals surface area contributed by atoms with Crippen LogP contribution in [0.5, 0.6) is 0 Å². The minimum Gasteiger partial charge on any atom is -0.384 e. The van der Waals surface area contributed by atoms with E-state index in [1.807, 2.05) is 31.2 Å². The third kappa shape index (κ3) is 4.44. The van der Waals surface area contributed by atoms with Crippen molar-refractivity contribution in [3.8, 4) is 11.8 Å². The zero-order valence-corrected chi connectivity index (χ0v) is 11.8. The second-order valence-electron chi connectivity index (χ2n) is 4.53. The monoisotopic (exact) mass is 280 g/mol. The van der Waals surface area contributed by atoms with Crippen molar-refractivity contribution in [2.45, 2.75) is 13.5 Å². The van der Waals surface area contributed by atoms with E-state index in [2.05, 4.69) is 22.1 Å². The van der Waals surface area contributed by atoms with Gasteiger partial charge in [-0.25, -0.2) is 0 Å². The molecule has 1 aromatic heterocycles. The molecule has 1 amide bonds. The van der Waals surface area contributed by atoms with E-state index >= 15 is 0 Å². The lowest BCUT2D eigenvalue weighted by molar-refractivity contribution is 0.0950. The van der Waals surface area contributed by atoms with Crippen LogP contribution in [-0.4, -0.2) is 22.6 Å². The maximum Gasteiger partial charge on any atom is 0.253 e. The number of carbonyl (C=O) groups excluding carboxylic acids is 1.